The quantitative estimate of drug-likeness (QED) is 0.446. The summed E-state index contributed by atoms with van der Waals surface area (Å²) in [5, 5.41) is 0. The van der Waals surface area contributed by atoms with Crippen molar-refractivity contribution in [1.29, 1.82) is 0 Å². The standard InChI is InChI=1S/C22H27NO6S/c1-3-27-18-8-10-19(11-9-18)28-15-16-29-22(24)21-5-4-14-23(21)30(25,26)20-12-6-17(2)7-13-20/h6-13,21H,3-5,14-16H2,1-2H3/t21-/m0/s1. The van der Waals surface area contributed by atoms with E-state index in [9.17, 15) is 13.2 Å². The molecule has 8 heteroatoms. The highest BCUT2D eigenvalue weighted by Gasteiger charge is 2.40. The van der Waals surface area contributed by atoms with E-state index in [0.717, 1.165) is 11.3 Å². The first kappa shape index (κ1) is 22.1. The van der Waals surface area contributed by atoms with Crippen LogP contribution in [-0.2, 0) is 19.6 Å². The molecule has 162 valence electrons. The Kier molecular flexibility index (Phi) is 7.33. The predicted octanol–water partition coefficient (Wildman–Crippen LogP) is 3.17. The van der Waals surface area contributed by atoms with Crippen molar-refractivity contribution in [3.8, 4) is 11.5 Å². The molecule has 0 spiro atoms. The van der Waals surface area contributed by atoms with Gasteiger partial charge in [-0.1, -0.05) is 17.7 Å². The zero-order valence-electron chi connectivity index (χ0n) is 17.2. The molecule has 7 nitrogen and oxygen atoms in total. The van der Waals surface area contributed by atoms with Gasteiger partial charge in [0.1, 0.15) is 30.8 Å². The van der Waals surface area contributed by atoms with Crippen molar-refractivity contribution in [3.63, 3.8) is 0 Å². The average molecular weight is 434 g/mol. The van der Waals surface area contributed by atoms with Crippen LogP contribution in [0.25, 0.3) is 0 Å². The molecule has 0 unspecified atom stereocenters. The Bertz CT molecular complexity index is 941. The largest absolute Gasteiger partial charge is 0.494 e. The van der Waals surface area contributed by atoms with Crippen LogP contribution < -0.4 is 9.47 Å². The molecule has 2 aromatic carbocycles. The maximum atomic E-state index is 12.9. The number of ether oxygens (including phenoxy) is 3. The zero-order chi connectivity index (χ0) is 21.6. The topological polar surface area (TPSA) is 82.1 Å². The maximum Gasteiger partial charge on any atom is 0.324 e. The van der Waals surface area contributed by atoms with Crippen molar-refractivity contribution in [2.24, 2.45) is 0 Å². The van der Waals surface area contributed by atoms with Gasteiger partial charge in [0.25, 0.3) is 0 Å². The van der Waals surface area contributed by atoms with E-state index in [2.05, 4.69) is 0 Å². The molecule has 0 aliphatic carbocycles. The number of carbonyl (C=O) groups is 1. The lowest BCUT2D eigenvalue weighted by Gasteiger charge is -2.22. The molecule has 0 N–H and O–H groups in total. The van der Waals surface area contributed by atoms with E-state index in [-0.39, 0.29) is 18.1 Å². The Hall–Kier alpha value is -2.58. The van der Waals surface area contributed by atoms with Crippen LogP contribution in [0.2, 0.25) is 0 Å². The van der Waals surface area contributed by atoms with Crippen LogP contribution in [0.15, 0.2) is 53.4 Å². The number of hydrogen-bond acceptors (Lipinski definition) is 6. The first-order chi connectivity index (χ1) is 14.4. The summed E-state index contributed by atoms with van der Waals surface area (Å²) in [7, 11) is -3.74. The van der Waals surface area contributed by atoms with Crippen molar-refractivity contribution >= 4 is 16.0 Å². The van der Waals surface area contributed by atoms with Crippen molar-refractivity contribution in [2.45, 2.75) is 37.6 Å². The number of aryl methyl sites for hydroxylation is 1. The van der Waals surface area contributed by atoms with Crippen molar-refractivity contribution < 1.29 is 27.4 Å². The zero-order valence-corrected chi connectivity index (χ0v) is 18.1. The molecule has 1 fully saturated rings. The van der Waals surface area contributed by atoms with E-state index in [4.69, 9.17) is 14.2 Å². The van der Waals surface area contributed by atoms with Crippen LogP contribution in [0.1, 0.15) is 25.3 Å². The molecular weight excluding hydrogens is 406 g/mol. The summed E-state index contributed by atoms with van der Waals surface area (Å²) in [6, 6.07) is 13.0. The smallest absolute Gasteiger partial charge is 0.324 e. The fraction of sp³-hybridized carbons (Fsp3) is 0.409. The van der Waals surface area contributed by atoms with Gasteiger partial charge in [0.15, 0.2) is 0 Å². The van der Waals surface area contributed by atoms with E-state index in [1.54, 1.807) is 48.5 Å². The highest BCUT2D eigenvalue weighted by molar-refractivity contribution is 7.89. The van der Waals surface area contributed by atoms with Gasteiger partial charge < -0.3 is 14.2 Å². The summed E-state index contributed by atoms with van der Waals surface area (Å²) in [6.07, 6.45) is 1.07. The minimum atomic E-state index is -3.74. The molecular formula is C22H27NO6S. The second-order valence-corrected chi connectivity index (χ2v) is 8.90. The molecule has 1 atom stereocenters. The number of carbonyl (C=O) groups excluding carboxylic acids is 1. The molecule has 1 aliphatic rings. The Balaban J connectivity index is 1.52. The van der Waals surface area contributed by atoms with E-state index in [1.165, 1.54) is 4.31 Å². The molecule has 30 heavy (non-hydrogen) atoms. The molecule has 0 aromatic heterocycles. The Labute approximate surface area is 177 Å². The highest BCUT2D eigenvalue weighted by atomic mass is 32.2. The molecule has 2 aromatic rings. The molecule has 0 amide bonds. The van der Waals surface area contributed by atoms with E-state index in [0.29, 0.717) is 31.7 Å². The van der Waals surface area contributed by atoms with Gasteiger partial charge in [-0.2, -0.15) is 4.31 Å². The van der Waals surface area contributed by atoms with E-state index < -0.39 is 22.0 Å². The summed E-state index contributed by atoms with van der Waals surface area (Å²) < 4.78 is 43.3. The predicted molar refractivity (Wildman–Crippen MR) is 112 cm³/mol. The van der Waals surface area contributed by atoms with Crippen LogP contribution in [0.5, 0.6) is 11.5 Å². The summed E-state index contributed by atoms with van der Waals surface area (Å²) in [5.74, 6) is 0.852. The molecule has 1 aliphatic heterocycles. The van der Waals surface area contributed by atoms with Crippen molar-refractivity contribution in [1.82, 2.24) is 4.31 Å². The number of hydrogen-bond donors (Lipinski definition) is 0. The van der Waals surface area contributed by atoms with E-state index >= 15 is 0 Å². The number of nitrogens with zero attached hydrogens (tertiary/aromatic N) is 1. The van der Waals surface area contributed by atoms with Crippen molar-refractivity contribution in [2.75, 3.05) is 26.4 Å². The lowest BCUT2D eigenvalue weighted by Crippen LogP contribution is -2.41. The maximum absolute atomic E-state index is 12.9. The van der Waals surface area contributed by atoms with Crippen LogP contribution in [-0.4, -0.2) is 51.1 Å². The van der Waals surface area contributed by atoms with Crippen LogP contribution in [0, 0.1) is 6.92 Å². The summed E-state index contributed by atoms with van der Waals surface area (Å²) in [6.45, 7) is 4.92. The molecule has 0 saturated carbocycles. The summed E-state index contributed by atoms with van der Waals surface area (Å²) in [4.78, 5) is 12.7. The molecule has 0 radical (unpaired) electrons. The normalized spacial score (nSPS) is 16.9. The monoisotopic (exact) mass is 433 g/mol. The van der Waals surface area contributed by atoms with Crippen LogP contribution >= 0.6 is 0 Å². The van der Waals surface area contributed by atoms with Crippen molar-refractivity contribution in [3.05, 3.63) is 54.1 Å². The van der Waals surface area contributed by atoms with Gasteiger partial charge in [0, 0.05) is 6.54 Å². The third-order valence-electron chi connectivity index (χ3n) is 4.83. The van der Waals surface area contributed by atoms with Gasteiger partial charge in [0.2, 0.25) is 10.0 Å². The van der Waals surface area contributed by atoms with E-state index in [1.807, 2.05) is 13.8 Å². The first-order valence-electron chi connectivity index (χ1n) is 10.0. The van der Waals surface area contributed by atoms with Gasteiger partial charge in [0.05, 0.1) is 11.5 Å². The number of rotatable bonds is 9. The summed E-state index contributed by atoms with van der Waals surface area (Å²) >= 11 is 0. The summed E-state index contributed by atoms with van der Waals surface area (Å²) in [5.41, 5.74) is 0.971. The Morgan fingerprint density at radius 1 is 1.00 bits per heavy atom. The second kappa shape index (κ2) is 9.95. The minimum Gasteiger partial charge on any atom is -0.494 e. The molecule has 1 saturated heterocycles. The van der Waals surface area contributed by atoms with Crippen LogP contribution in [0.3, 0.4) is 0 Å². The number of benzene rings is 2. The molecule has 3 rings (SSSR count). The average Bonchev–Trinajstić information content (AvgIpc) is 3.24. The number of esters is 1. The first-order valence-corrected chi connectivity index (χ1v) is 11.5. The second-order valence-electron chi connectivity index (χ2n) is 7.01. The lowest BCUT2D eigenvalue weighted by molar-refractivity contribution is -0.148. The van der Waals surface area contributed by atoms with Crippen LogP contribution in [0.4, 0.5) is 0 Å². The fourth-order valence-corrected chi connectivity index (χ4v) is 4.95. The Morgan fingerprint density at radius 3 is 2.27 bits per heavy atom. The van der Waals surface area contributed by atoms with Gasteiger partial charge in [-0.05, 0) is 63.1 Å². The fourth-order valence-electron chi connectivity index (χ4n) is 3.31. The molecule has 0 bridgehead atoms. The van der Waals surface area contributed by atoms with Gasteiger partial charge in [-0.15, -0.1) is 0 Å². The number of sulfonamides is 1. The SMILES string of the molecule is CCOc1ccc(OCCOC(=O)[C@@H]2CCCN2S(=O)(=O)c2ccc(C)cc2)cc1. The van der Waals surface area contributed by atoms with Gasteiger partial charge >= 0.3 is 5.97 Å². The van der Waals surface area contributed by atoms with Gasteiger partial charge in [-0.25, -0.2) is 8.42 Å². The third kappa shape index (κ3) is 5.31. The third-order valence-corrected chi connectivity index (χ3v) is 6.76. The van der Waals surface area contributed by atoms with Gasteiger partial charge in [-0.3, -0.25) is 4.79 Å². The minimum absolute atomic E-state index is 0.0426. The molecule has 1 heterocycles. The lowest BCUT2D eigenvalue weighted by atomic mass is 10.2. The Morgan fingerprint density at radius 2 is 1.63 bits per heavy atom. The highest BCUT2D eigenvalue weighted by Crippen LogP contribution is 2.27.